The Balaban J connectivity index is 1.50. The maximum Gasteiger partial charge on any atom is 0.276 e. The number of carbonyl (C=O) groups is 3. The molecule has 0 bridgehead atoms. The van der Waals surface area contributed by atoms with Crippen LogP contribution in [-0.2, 0) is 25.8 Å². The number of rotatable bonds is 7. The molecule has 168 valence electrons. The monoisotopic (exact) mass is 511 g/mol. The number of nitrogens with two attached hydrogens (primary N) is 2. The Morgan fingerprint density at radius 3 is 2.66 bits per heavy atom. The minimum absolute atomic E-state index is 0.00377. The van der Waals surface area contributed by atoms with Gasteiger partial charge >= 0.3 is 0 Å². The lowest BCUT2D eigenvalue weighted by Gasteiger charge is -2.49. The van der Waals surface area contributed by atoms with Crippen LogP contribution in [0.4, 0.5) is 10.3 Å². The Morgan fingerprint density at radius 1 is 1.31 bits per heavy atom. The van der Waals surface area contributed by atoms with Gasteiger partial charge in [-0.25, -0.2) is 9.97 Å². The third kappa shape index (κ3) is 4.32. The lowest BCUT2D eigenvalue weighted by Crippen LogP contribution is -2.70. The molecule has 2 aromatic rings. The van der Waals surface area contributed by atoms with Crippen LogP contribution in [0.25, 0.3) is 0 Å². The minimum Gasteiger partial charge on any atom is -0.389 e. The summed E-state index contributed by atoms with van der Waals surface area (Å²) in [7, 11) is 0. The largest absolute Gasteiger partial charge is 0.389 e. The lowest BCUT2D eigenvalue weighted by molar-refractivity contribution is -0.146. The van der Waals surface area contributed by atoms with Crippen LogP contribution in [0, 0.1) is 0 Å². The van der Waals surface area contributed by atoms with Gasteiger partial charge in [0.2, 0.25) is 5.12 Å². The molecule has 2 atom stereocenters. The molecule has 2 aliphatic heterocycles. The number of nitrogen functional groups attached to an aromatic ring is 2. The number of thiazole rings is 2. The highest BCUT2D eigenvalue weighted by Gasteiger charge is 2.53. The van der Waals surface area contributed by atoms with Crippen LogP contribution in [-0.4, -0.2) is 54.7 Å². The molecule has 32 heavy (non-hydrogen) atoms. The number of anilines is 2. The van der Waals surface area contributed by atoms with Gasteiger partial charge in [-0.05, 0) is 12.5 Å². The molecule has 0 aliphatic carbocycles. The number of thioether (sulfide) groups is 1. The summed E-state index contributed by atoms with van der Waals surface area (Å²) >= 11 is 7.71. The summed E-state index contributed by atoms with van der Waals surface area (Å²) in [5.74, 6) is -0.508. The number of hydrogen-bond acceptors (Lipinski definition) is 12. The molecule has 5 N–H and O–H groups in total. The topological polar surface area (TPSA) is 166 Å². The van der Waals surface area contributed by atoms with Crippen LogP contribution in [0.1, 0.15) is 18.3 Å². The van der Waals surface area contributed by atoms with E-state index in [0.29, 0.717) is 16.6 Å². The van der Waals surface area contributed by atoms with Gasteiger partial charge in [0.25, 0.3) is 11.8 Å². The fourth-order valence-corrected chi connectivity index (χ4v) is 5.82. The van der Waals surface area contributed by atoms with Crippen molar-refractivity contribution in [2.24, 2.45) is 5.16 Å². The zero-order valence-electron chi connectivity index (χ0n) is 16.5. The molecule has 0 radical (unpaired) electrons. The van der Waals surface area contributed by atoms with Crippen molar-refractivity contribution < 1.29 is 19.2 Å². The third-order valence-corrected chi connectivity index (χ3v) is 7.60. The Bertz CT molecular complexity index is 1160. The van der Waals surface area contributed by atoms with E-state index in [2.05, 4.69) is 33.1 Å². The maximum absolute atomic E-state index is 13.0. The molecule has 0 spiro atoms. The van der Waals surface area contributed by atoms with Gasteiger partial charge in [0.1, 0.15) is 17.1 Å². The van der Waals surface area contributed by atoms with Crippen LogP contribution < -0.4 is 16.8 Å². The Labute approximate surface area is 199 Å². The third-order valence-electron chi connectivity index (χ3n) is 4.57. The zero-order chi connectivity index (χ0) is 23.0. The van der Waals surface area contributed by atoms with Crippen molar-refractivity contribution in [2.45, 2.75) is 24.9 Å². The highest BCUT2D eigenvalue weighted by Crippen LogP contribution is 2.40. The Hall–Kier alpha value is -2.62. The number of β-lactam (4-membered cyclic amide) rings is 1. The van der Waals surface area contributed by atoms with Crippen molar-refractivity contribution in [3.8, 4) is 0 Å². The van der Waals surface area contributed by atoms with Gasteiger partial charge < -0.3 is 21.6 Å². The Kier molecular flexibility index (Phi) is 6.41. The second-order valence-corrected chi connectivity index (χ2v) is 10.0. The molecule has 4 rings (SSSR count). The summed E-state index contributed by atoms with van der Waals surface area (Å²) in [4.78, 5) is 52.4. The average molecular weight is 512 g/mol. The number of thiol groups is 1. The predicted molar refractivity (Wildman–Crippen MR) is 126 cm³/mol. The zero-order valence-corrected chi connectivity index (χ0v) is 19.8. The van der Waals surface area contributed by atoms with E-state index in [1.807, 2.05) is 0 Å². The highest BCUT2D eigenvalue weighted by atomic mass is 32.2. The molecule has 2 aromatic heterocycles. The predicted octanol–water partition coefficient (Wildman–Crippen LogP) is 0.815. The summed E-state index contributed by atoms with van der Waals surface area (Å²) < 4.78 is 0. The molecular formula is C17H17N7O4S4. The molecule has 1 unspecified atom stereocenters. The molecule has 2 amide bonds. The first-order chi connectivity index (χ1) is 15.3. The fourth-order valence-electron chi connectivity index (χ4n) is 3.14. The summed E-state index contributed by atoms with van der Waals surface area (Å²) in [6.45, 7) is 1.77. The van der Waals surface area contributed by atoms with Crippen LogP contribution in [0.5, 0.6) is 0 Å². The van der Waals surface area contributed by atoms with Gasteiger partial charge in [-0.1, -0.05) is 17.8 Å². The van der Waals surface area contributed by atoms with Crippen molar-refractivity contribution in [3.05, 3.63) is 33.4 Å². The normalized spacial score (nSPS) is 20.6. The molecule has 11 nitrogen and oxygen atoms in total. The first-order valence-electron chi connectivity index (χ1n) is 9.06. The van der Waals surface area contributed by atoms with Crippen LogP contribution in [0.15, 0.2) is 27.2 Å². The van der Waals surface area contributed by atoms with Crippen molar-refractivity contribution in [1.29, 1.82) is 0 Å². The van der Waals surface area contributed by atoms with Gasteiger partial charge in [0.15, 0.2) is 22.6 Å². The molecule has 0 aromatic carbocycles. The van der Waals surface area contributed by atoms with Gasteiger partial charge in [0.05, 0.1) is 11.4 Å². The van der Waals surface area contributed by atoms with Crippen molar-refractivity contribution in [1.82, 2.24) is 20.2 Å². The molecule has 1 fully saturated rings. The number of nitrogens with zero attached hydrogens (tertiary/aromatic N) is 4. The number of oxime groups is 1. The standard InChI is InChI=1S/C17H17N7O4S4/c1-6-3-30-14-10(13(26)24(14)11(6)15(27)29)22-12(25)9(8-5-32-17(19)21-8)23-28-2-7-4-31-16(18)20-7/h4-5,10,14H,2-3H2,1H3,(H2,18,20)(H2,19,21)(H,22,25)(H,27,29)/b23-9-/t10?,14-/m1/s1. The molecule has 4 heterocycles. The van der Waals surface area contributed by atoms with Crippen molar-refractivity contribution in [3.63, 3.8) is 0 Å². The first kappa shape index (κ1) is 22.6. The number of amides is 2. The van der Waals surface area contributed by atoms with E-state index in [9.17, 15) is 14.4 Å². The van der Waals surface area contributed by atoms with Gasteiger partial charge in [0, 0.05) is 16.5 Å². The van der Waals surface area contributed by atoms with E-state index >= 15 is 0 Å². The van der Waals surface area contributed by atoms with Crippen LogP contribution >= 0.6 is 47.1 Å². The first-order valence-corrected chi connectivity index (χ1v) is 12.3. The minimum atomic E-state index is -0.831. The lowest BCUT2D eigenvalue weighted by atomic mass is 10.0. The number of hydrogen-bond donors (Lipinski definition) is 4. The number of nitrogens with one attached hydrogen (secondary N) is 1. The molecule has 15 heteroatoms. The number of aromatic nitrogens is 2. The van der Waals surface area contributed by atoms with E-state index in [1.165, 1.54) is 28.0 Å². The maximum atomic E-state index is 13.0. The van der Waals surface area contributed by atoms with Gasteiger partial charge in [-0.2, -0.15) is 0 Å². The van der Waals surface area contributed by atoms with Crippen LogP contribution in [0.3, 0.4) is 0 Å². The van der Waals surface area contributed by atoms with Crippen LogP contribution in [0.2, 0.25) is 0 Å². The quantitative estimate of drug-likeness (QED) is 0.182. The van der Waals surface area contributed by atoms with Gasteiger partial charge in [-0.3, -0.25) is 19.3 Å². The van der Waals surface area contributed by atoms with E-state index in [4.69, 9.17) is 16.3 Å². The molecule has 1 saturated heterocycles. The fraction of sp³-hybridized carbons (Fsp3) is 0.294. The molecular weight excluding hydrogens is 495 g/mol. The SMILES string of the molecule is CC1=C(C(=O)S)N2C(=O)C(NC(=O)/C(=N\OCc3csc(N)n3)c3csc(N)n3)[C@H]2SC1. The summed E-state index contributed by atoms with van der Waals surface area (Å²) in [6, 6.07) is -0.831. The second kappa shape index (κ2) is 9.09. The highest BCUT2D eigenvalue weighted by molar-refractivity contribution is 8.00. The molecule has 2 aliphatic rings. The van der Waals surface area contributed by atoms with E-state index < -0.39 is 28.3 Å². The smallest absolute Gasteiger partial charge is 0.276 e. The summed E-state index contributed by atoms with van der Waals surface area (Å²) in [5, 5.41) is 9.60. The number of fused-ring (bicyclic) bond motifs is 1. The number of carbonyl (C=O) groups excluding carboxylic acids is 3. The average Bonchev–Trinajstić information content (AvgIpc) is 3.36. The second-order valence-electron chi connectivity index (χ2n) is 6.76. The molecule has 0 saturated carbocycles. The van der Waals surface area contributed by atoms with E-state index in [1.54, 1.807) is 17.7 Å². The van der Waals surface area contributed by atoms with Gasteiger partial charge in [-0.15, -0.1) is 34.4 Å². The van der Waals surface area contributed by atoms with Crippen molar-refractivity contribution in [2.75, 3.05) is 17.2 Å². The van der Waals surface area contributed by atoms with Crippen molar-refractivity contribution >= 4 is 80.0 Å². The summed E-state index contributed by atoms with van der Waals surface area (Å²) in [6.07, 6.45) is 0. The van der Waals surface area contributed by atoms with E-state index in [-0.39, 0.29) is 28.8 Å². The Morgan fingerprint density at radius 2 is 2.03 bits per heavy atom. The summed E-state index contributed by atoms with van der Waals surface area (Å²) in [5.41, 5.74) is 13.0. The van der Waals surface area contributed by atoms with E-state index in [0.717, 1.165) is 16.9 Å².